The van der Waals surface area contributed by atoms with Crippen LogP contribution in [0.5, 0.6) is 11.5 Å². The summed E-state index contributed by atoms with van der Waals surface area (Å²) in [7, 11) is 1.46. The van der Waals surface area contributed by atoms with Crippen LogP contribution < -0.4 is 9.47 Å². The molecule has 1 unspecified atom stereocenters. The lowest BCUT2D eigenvalue weighted by atomic mass is 10.1. The number of aliphatic hydroxyl groups is 1. The highest BCUT2D eigenvalue weighted by Crippen LogP contribution is 2.26. The summed E-state index contributed by atoms with van der Waals surface area (Å²) in [4.78, 5) is 22.4. The van der Waals surface area contributed by atoms with Crippen molar-refractivity contribution in [1.82, 2.24) is 0 Å². The summed E-state index contributed by atoms with van der Waals surface area (Å²) in [6, 6.07) is 4.72. The van der Waals surface area contributed by atoms with Crippen LogP contribution in [0.1, 0.15) is 32.3 Å². The van der Waals surface area contributed by atoms with E-state index in [1.807, 2.05) is 13.8 Å². The standard InChI is InChI=1S/C16H22O6/c1-10(2)8-13(17)16(20)22-12-6-4-11(5-7-15(18)19)14(9-12)21-3/h4,6,9-10,13,17H,5,7-8H2,1-3H3,(H,18,19). The Bertz CT molecular complexity index is 523. The normalized spacial score (nSPS) is 12.0. The summed E-state index contributed by atoms with van der Waals surface area (Å²) in [6.07, 6.45) is -0.532. The zero-order valence-electron chi connectivity index (χ0n) is 13.0. The molecule has 0 aliphatic carbocycles. The molecule has 122 valence electrons. The van der Waals surface area contributed by atoms with Gasteiger partial charge in [-0.2, -0.15) is 0 Å². The Labute approximate surface area is 129 Å². The molecule has 0 heterocycles. The number of esters is 1. The van der Waals surface area contributed by atoms with Crippen LogP contribution in [0.25, 0.3) is 0 Å². The fourth-order valence-corrected chi connectivity index (χ4v) is 1.96. The number of carboxylic acid groups (broad SMARTS) is 1. The quantitative estimate of drug-likeness (QED) is 0.563. The molecule has 0 saturated heterocycles. The first-order valence-electron chi connectivity index (χ1n) is 7.12. The van der Waals surface area contributed by atoms with Crippen molar-refractivity contribution in [3.63, 3.8) is 0 Å². The van der Waals surface area contributed by atoms with Crippen molar-refractivity contribution in [1.29, 1.82) is 0 Å². The minimum Gasteiger partial charge on any atom is -0.496 e. The van der Waals surface area contributed by atoms with Gasteiger partial charge in [0.1, 0.15) is 11.5 Å². The average molecular weight is 310 g/mol. The van der Waals surface area contributed by atoms with E-state index in [0.29, 0.717) is 24.2 Å². The zero-order valence-corrected chi connectivity index (χ0v) is 13.0. The van der Waals surface area contributed by atoms with Crippen LogP contribution in [0.15, 0.2) is 18.2 Å². The first-order valence-corrected chi connectivity index (χ1v) is 7.12. The summed E-state index contributed by atoms with van der Waals surface area (Å²) in [5, 5.41) is 18.4. The van der Waals surface area contributed by atoms with Gasteiger partial charge in [0.15, 0.2) is 6.10 Å². The second-order valence-corrected chi connectivity index (χ2v) is 5.43. The molecule has 0 spiro atoms. The maximum Gasteiger partial charge on any atom is 0.340 e. The number of benzene rings is 1. The van der Waals surface area contributed by atoms with Crippen molar-refractivity contribution < 1.29 is 29.3 Å². The minimum absolute atomic E-state index is 0.0113. The molecule has 0 saturated carbocycles. The number of carbonyl (C=O) groups excluding carboxylic acids is 1. The summed E-state index contributed by atoms with van der Waals surface area (Å²) in [5.41, 5.74) is 0.715. The van der Waals surface area contributed by atoms with Gasteiger partial charge in [-0.3, -0.25) is 4.79 Å². The van der Waals surface area contributed by atoms with Crippen LogP contribution >= 0.6 is 0 Å². The molecule has 1 aromatic carbocycles. The highest BCUT2D eigenvalue weighted by atomic mass is 16.5. The molecule has 0 radical (unpaired) electrons. The van der Waals surface area contributed by atoms with Gasteiger partial charge in [-0.25, -0.2) is 4.79 Å². The van der Waals surface area contributed by atoms with Crippen molar-refractivity contribution >= 4 is 11.9 Å². The molecule has 0 fully saturated rings. The molecule has 6 nitrogen and oxygen atoms in total. The molecule has 1 rings (SSSR count). The summed E-state index contributed by atoms with van der Waals surface area (Å²) < 4.78 is 10.3. The molecule has 0 aliphatic heterocycles. The number of aliphatic hydroxyl groups excluding tert-OH is 1. The van der Waals surface area contributed by atoms with E-state index in [-0.39, 0.29) is 18.1 Å². The van der Waals surface area contributed by atoms with E-state index in [0.717, 1.165) is 0 Å². The lowest BCUT2D eigenvalue weighted by Crippen LogP contribution is -2.27. The monoisotopic (exact) mass is 310 g/mol. The summed E-state index contributed by atoms with van der Waals surface area (Å²) in [6.45, 7) is 3.80. The molecule has 0 bridgehead atoms. The number of ether oxygens (including phenoxy) is 2. The number of hydrogen-bond donors (Lipinski definition) is 2. The van der Waals surface area contributed by atoms with Gasteiger partial charge in [-0.1, -0.05) is 19.9 Å². The Morgan fingerprint density at radius 2 is 1.95 bits per heavy atom. The second-order valence-electron chi connectivity index (χ2n) is 5.43. The second kappa shape index (κ2) is 8.38. The van der Waals surface area contributed by atoms with Gasteiger partial charge in [0.2, 0.25) is 0 Å². The lowest BCUT2D eigenvalue weighted by molar-refractivity contribution is -0.144. The van der Waals surface area contributed by atoms with E-state index < -0.39 is 18.0 Å². The minimum atomic E-state index is -1.17. The summed E-state index contributed by atoms with van der Waals surface area (Å²) in [5.74, 6) is -0.729. The van der Waals surface area contributed by atoms with E-state index in [4.69, 9.17) is 14.6 Å². The first kappa shape index (κ1) is 18.0. The van der Waals surface area contributed by atoms with Gasteiger partial charge < -0.3 is 19.7 Å². The number of carboxylic acids is 1. The van der Waals surface area contributed by atoms with E-state index in [1.165, 1.54) is 13.2 Å². The van der Waals surface area contributed by atoms with Crippen LogP contribution in [-0.2, 0) is 16.0 Å². The number of methoxy groups -OCH3 is 1. The van der Waals surface area contributed by atoms with Crippen LogP contribution in [0.2, 0.25) is 0 Å². The molecule has 0 aliphatic rings. The Kier molecular flexibility index (Phi) is 6.85. The third-order valence-electron chi connectivity index (χ3n) is 3.05. The van der Waals surface area contributed by atoms with Crippen molar-refractivity contribution in [2.24, 2.45) is 5.92 Å². The van der Waals surface area contributed by atoms with Gasteiger partial charge in [0.05, 0.1) is 7.11 Å². The Morgan fingerprint density at radius 1 is 1.27 bits per heavy atom. The molecule has 22 heavy (non-hydrogen) atoms. The van der Waals surface area contributed by atoms with Gasteiger partial charge >= 0.3 is 11.9 Å². The average Bonchev–Trinajstić information content (AvgIpc) is 2.44. The SMILES string of the molecule is COc1cc(OC(=O)C(O)CC(C)C)ccc1CCC(=O)O. The highest BCUT2D eigenvalue weighted by Gasteiger charge is 2.19. The molecule has 6 heteroatoms. The fourth-order valence-electron chi connectivity index (χ4n) is 1.96. The van der Waals surface area contributed by atoms with Crippen LogP contribution in [0.3, 0.4) is 0 Å². The maximum absolute atomic E-state index is 11.8. The van der Waals surface area contributed by atoms with E-state index in [1.54, 1.807) is 12.1 Å². The molecule has 0 aromatic heterocycles. The van der Waals surface area contributed by atoms with Gasteiger partial charge in [0, 0.05) is 12.5 Å². The Morgan fingerprint density at radius 3 is 2.50 bits per heavy atom. The number of rotatable bonds is 8. The van der Waals surface area contributed by atoms with Crippen molar-refractivity contribution in [2.75, 3.05) is 7.11 Å². The highest BCUT2D eigenvalue weighted by molar-refractivity contribution is 5.77. The largest absolute Gasteiger partial charge is 0.496 e. The van der Waals surface area contributed by atoms with Crippen LogP contribution in [0.4, 0.5) is 0 Å². The van der Waals surface area contributed by atoms with E-state index in [9.17, 15) is 14.7 Å². The van der Waals surface area contributed by atoms with Gasteiger partial charge in [0.25, 0.3) is 0 Å². The number of aliphatic carboxylic acids is 1. The molecule has 1 atom stereocenters. The number of hydrogen-bond acceptors (Lipinski definition) is 5. The molecule has 1 aromatic rings. The summed E-state index contributed by atoms with van der Waals surface area (Å²) >= 11 is 0. The predicted molar refractivity (Wildman–Crippen MR) is 80.0 cm³/mol. The predicted octanol–water partition coefficient (Wildman–Crippen LogP) is 2.02. The Hall–Kier alpha value is -2.08. The van der Waals surface area contributed by atoms with Crippen LogP contribution in [-0.4, -0.2) is 35.4 Å². The lowest BCUT2D eigenvalue weighted by Gasteiger charge is -2.14. The van der Waals surface area contributed by atoms with Gasteiger partial charge in [-0.15, -0.1) is 0 Å². The first-order chi connectivity index (χ1) is 10.3. The Balaban J connectivity index is 2.76. The van der Waals surface area contributed by atoms with Crippen molar-refractivity contribution in [3.8, 4) is 11.5 Å². The van der Waals surface area contributed by atoms with Crippen LogP contribution in [0, 0.1) is 5.92 Å². The van der Waals surface area contributed by atoms with Crippen molar-refractivity contribution in [3.05, 3.63) is 23.8 Å². The zero-order chi connectivity index (χ0) is 16.7. The fraction of sp³-hybridized carbons (Fsp3) is 0.500. The third kappa shape index (κ3) is 5.73. The number of carbonyl (C=O) groups is 2. The van der Waals surface area contributed by atoms with Crippen molar-refractivity contribution in [2.45, 2.75) is 39.2 Å². The molecule has 2 N–H and O–H groups in total. The van der Waals surface area contributed by atoms with Gasteiger partial charge in [-0.05, 0) is 30.4 Å². The topological polar surface area (TPSA) is 93.1 Å². The number of aryl methyl sites for hydroxylation is 1. The molecular weight excluding hydrogens is 288 g/mol. The molecule has 0 amide bonds. The maximum atomic E-state index is 11.8. The van der Waals surface area contributed by atoms with E-state index in [2.05, 4.69) is 0 Å². The van der Waals surface area contributed by atoms with E-state index >= 15 is 0 Å². The smallest absolute Gasteiger partial charge is 0.340 e. The molecular formula is C16H22O6. The third-order valence-corrected chi connectivity index (χ3v) is 3.05.